The summed E-state index contributed by atoms with van der Waals surface area (Å²) in [5, 5.41) is 7.49. The van der Waals surface area contributed by atoms with Gasteiger partial charge in [0.25, 0.3) is 5.91 Å². The van der Waals surface area contributed by atoms with Gasteiger partial charge in [-0.2, -0.15) is 10.1 Å². The summed E-state index contributed by atoms with van der Waals surface area (Å²) in [5.74, 6) is -0.431. The third-order valence-electron chi connectivity index (χ3n) is 5.41. The van der Waals surface area contributed by atoms with E-state index in [1.54, 1.807) is 21.7 Å². The number of nitrogens with zero attached hydrogens (tertiary/aromatic N) is 6. The van der Waals surface area contributed by atoms with E-state index in [1.807, 2.05) is 32.9 Å². The topological polar surface area (TPSA) is 154 Å². The number of fused-ring (bicyclic) bond motifs is 2. The Bertz CT molecular complexity index is 1370. The molecule has 0 aliphatic carbocycles. The molecule has 5 rings (SSSR count). The summed E-state index contributed by atoms with van der Waals surface area (Å²) in [5.41, 5.74) is 7.12. The number of hydrogen-bond acceptors (Lipinski definition) is 9. The highest BCUT2D eigenvalue weighted by molar-refractivity contribution is 6.12. The molecule has 1 unspecified atom stereocenters. The Hall–Kier alpha value is -4.22. The number of nitrogen functional groups attached to an aromatic ring is 1. The quantitative estimate of drug-likeness (QED) is 0.465. The number of ether oxygens (including phenoxy) is 1. The second kappa shape index (κ2) is 7.97. The van der Waals surface area contributed by atoms with Gasteiger partial charge in [-0.1, -0.05) is 12.1 Å². The molecule has 0 saturated carbocycles. The van der Waals surface area contributed by atoms with E-state index in [0.717, 1.165) is 0 Å². The van der Waals surface area contributed by atoms with E-state index in [-0.39, 0.29) is 23.6 Å². The van der Waals surface area contributed by atoms with Crippen LogP contribution in [-0.4, -0.2) is 60.3 Å². The lowest BCUT2D eigenvalue weighted by Gasteiger charge is -2.24. The number of hydrogen-bond donors (Lipinski definition) is 2. The van der Waals surface area contributed by atoms with Crippen molar-refractivity contribution < 1.29 is 18.7 Å². The van der Waals surface area contributed by atoms with Crippen LogP contribution in [0.3, 0.4) is 0 Å². The van der Waals surface area contributed by atoms with Crippen LogP contribution in [0.2, 0.25) is 0 Å². The maximum absolute atomic E-state index is 13.1. The van der Waals surface area contributed by atoms with Gasteiger partial charge in [0.1, 0.15) is 23.3 Å². The molecule has 2 amide bonds. The molecule has 176 valence electrons. The summed E-state index contributed by atoms with van der Waals surface area (Å²) < 4.78 is 12.7. The van der Waals surface area contributed by atoms with E-state index in [0.29, 0.717) is 41.6 Å². The Morgan fingerprint density at radius 1 is 1.24 bits per heavy atom. The highest BCUT2D eigenvalue weighted by atomic mass is 16.6. The number of benzene rings is 1. The highest BCUT2D eigenvalue weighted by Gasteiger charge is 2.34. The molecule has 34 heavy (non-hydrogen) atoms. The van der Waals surface area contributed by atoms with Gasteiger partial charge in [-0.3, -0.25) is 10.1 Å². The van der Waals surface area contributed by atoms with Gasteiger partial charge in [-0.25, -0.2) is 19.4 Å². The number of nitrogens with two attached hydrogens (primary N) is 1. The molecule has 12 heteroatoms. The molecular formula is C22H24N8O4. The van der Waals surface area contributed by atoms with Crippen LogP contribution < -0.4 is 11.1 Å². The van der Waals surface area contributed by atoms with E-state index in [1.165, 1.54) is 6.33 Å². The zero-order chi connectivity index (χ0) is 24.0. The lowest BCUT2D eigenvalue weighted by Crippen LogP contribution is -2.35. The summed E-state index contributed by atoms with van der Waals surface area (Å²) in [6.07, 6.45) is 1.54. The fourth-order valence-electron chi connectivity index (χ4n) is 3.92. The second-order valence-electron chi connectivity index (χ2n) is 9.06. The Morgan fingerprint density at radius 2 is 2.03 bits per heavy atom. The van der Waals surface area contributed by atoms with Crippen molar-refractivity contribution in [2.24, 2.45) is 0 Å². The summed E-state index contributed by atoms with van der Waals surface area (Å²) in [4.78, 5) is 39.9. The number of oxazole rings is 1. The Labute approximate surface area is 194 Å². The minimum Gasteiger partial charge on any atom is -0.444 e. The fraction of sp³-hybridized carbons (Fsp3) is 0.364. The third-order valence-corrected chi connectivity index (χ3v) is 5.41. The van der Waals surface area contributed by atoms with Gasteiger partial charge in [-0.15, -0.1) is 0 Å². The number of rotatable bonds is 3. The molecule has 0 bridgehead atoms. The van der Waals surface area contributed by atoms with Crippen molar-refractivity contribution in [3.05, 3.63) is 36.3 Å². The predicted octanol–water partition coefficient (Wildman–Crippen LogP) is 2.98. The van der Waals surface area contributed by atoms with Crippen molar-refractivity contribution in [3.63, 3.8) is 0 Å². The molecule has 1 atom stereocenters. The number of likely N-dealkylation sites (tertiary alicyclic amines) is 1. The minimum absolute atomic E-state index is 0.0429. The molecule has 1 aliphatic heterocycles. The third kappa shape index (κ3) is 3.98. The van der Waals surface area contributed by atoms with E-state index >= 15 is 0 Å². The van der Waals surface area contributed by atoms with Gasteiger partial charge in [0.05, 0.1) is 11.4 Å². The second-order valence-corrected chi connectivity index (χ2v) is 9.06. The number of anilines is 2. The van der Waals surface area contributed by atoms with Crippen LogP contribution in [0.25, 0.3) is 22.1 Å². The van der Waals surface area contributed by atoms with E-state index in [2.05, 4.69) is 25.4 Å². The molecule has 3 N–H and O–H groups in total. The van der Waals surface area contributed by atoms with Crippen LogP contribution in [0, 0.1) is 0 Å². The lowest BCUT2D eigenvalue weighted by molar-refractivity contribution is 0.0288. The van der Waals surface area contributed by atoms with Crippen molar-refractivity contribution in [1.82, 2.24) is 29.6 Å². The Balaban J connectivity index is 1.44. The minimum atomic E-state index is -0.592. The molecule has 12 nitrogen and oxygen atoms in total. The average Bonchev–Trinajstić information content (AvgIpc) is 3.49. The molecule has 4 aromatic rings. The molecule has 1 aromatic carbocycles. The zero-order valence-corrected chi connectivity index (χ0v) is 19.0. The van der Waals surface area contributed by atoms with Gasteiger partial charge in [0.2, 0.25) is 0 Å². The van der Waals surface area contributed by atoms with Crippen LogP contribution in [0.4, 0.5) is 16.6 Å². The molecular weight excluding hydrogens is 440 g/mol. The van der Waals surface area contributed by atoms with Crippen LogP contribution in [0.15, 0.2) is 35.0 Å². The van der Waals surface area contributed by atoms with Crippen molar-refractivity contribution >= 4 is 46.0 Å². The van der Waals surface area contributed by atoms with Crippen molar-refractivity contribution in [2.75, 3.05) is 24.1 Å². The monoisotopic (exact) mass is 464 g/mol. The highest BCUT2D eigenvalue weighted by Crippen LogP contribution is 2.30. The number of carbonyl (C=O) groups excluding carboxylic acids is 2. The number of carbonyl (C=O) groups is 2. The maximum Gasteiger partial charge on any atom is 0.410 e. The van der Waals surface area contributed by atoms with Crippen molar-refractivity contribution in [3.8, 4) is 0 Å². The first kappa shape index (κ1) is 21.6. The SMILES string of the molecule is CC(C)(C)OC(=O)N1CCC(n2nc(C(=O)Nc3nc4ccccc4o3)c3c(N)ncnc32)C1. The molecule has 0 spiro atoms. The fourth-order valence-corrected chi connectivity index (χ4v) is 3.92. The van der Waals surface area contributed by atoms with Crippen molar-refractivity contribution in [2.45, 2.75) is 38.8 Å². The Morgan fingerprint density at radius 3 is 2.79 bits per heavy atom. The average molecular weight is 464 g/mol. The summed E-state index contributed by atoms with van der Waals surface area (Å²) in [6, 6.07) is 7.00. The predicted molar refractivity (Wildman–Crippen MR) is 123 cm³/mol. The van der Waals surface area contributed by atoms with E-state index in [9.17, 15) is 9.59 Å². The van der Waals surface area contributed by atoms with Gasteiger partial charge in [0.15, 0.2) is 16.9 Å². The summed E-state index contributed by atoms with van der Waals surface area (Å²) >= 11 is 0. The molecule has 4 heterocycles. The number of aromatic nitrogens is 5. The summed E-state index contributed by atoms with van der Waals surface area (Å²) in [6.45, 7) is 6.32. The van der Waals surface area contributed by atoms with Gasteiger partial charge in [0, 0.05) is 13.1 Å². The molecule has 0 radical (unpaired) electrons. The van der Waals surface area contributed by atoms with Gasteiger partial charge in [-0.05, 0) is 39.3 Å². The van der Waals surface area contributed by atoms with E-state index in [4.69, 9.17) is 14.9 Å². The van der Waals surface area contributed by atoms with Crippen LogP contribution >= 0.6 is 0 Å². The normalized spacial score (nSPS) is 16.3. The first-order valence-corrected chi connectivity index (χ1v) is 10.8. The number of nitrogens with one attached hydrogen (secondary N) is 1. The van der Waals surface area contributed by atoms with Gasteiger partial charge >= 0.3 is 12.1 Å². The standard InChI is InChI=1S/C22H24N8O4/c1-22(2,3)34-21(32)29-9-8-12(10-29)30-18-15(17(23)24-11-25-18)16(28-30)19(31)27-20-26-13-6-4-5-7-14(13)33-20/h4-7,11-12H,8-10H2,1-3H3,(H2,23,24,25)(H,26,27,31). The van der Waals surface area contributed by atoms with Crippen LogP contribution in [-0.2, 0) is 4.74 Å². The number of amides is 2. The first-order valence-electron chi connectivity index (χ1n) is 10.8. The lowest BCUT2D eigenvalue weighted by atomic mass is 10.2. The molecule has 3 aromatic heterocycles. The van der Waals surface area contributed by atoms with Crippen LogP contribution in [0.1, 0.15) is 43.7 Å². The van der Waals surface area contributed by atoms with Crippen LogP contribution in [0.5, 0.6) is 0 Å². The van der Waals surface area contributed by atoms with E-state index < -0.39 is 17.6 Å². The number of para-hydroxylation sites is 2. The zero-order valence-electron chi connectivity index (χ0n) is 19.0. The molecule has 1 fully saturated rings. The summed E-state index contributed by atoms with van der Waals surface area (Å²) in [7, 11) is 0. The largest absolute Gasteiger partial charge is 0.444 e. The molecule has 1 saturated heterocycles. The molecule has 1 aliphatic rings. The smallest absolute Gasteiger partial charge is 0.410 e. The Kier molecular flexibility index (Phi) is 5.07. The van der Waals surface area contributed by atoms with Crippen molar-refractivity contribution in [1.29, 1.82) is 0 Å². The van der Waals surface area contributed by atoms with Gasteiger partial charge < -0.3 is 19.8 Å². The first-order chi connectivity index (χ1) is 16.2. The maximum atomic E-state index is 13.1.